The van der Waals surface area contributed by atoms with Crippen LogP contribution in [0.4, 0.5) is 0 Å². The molecule has 102 valence electrons. The van der Waals surface area contributed by atoms with Crippen LogP contribution in [0.15, 0.2) is 29.4 Å². The normalized spacial score (nSPS) is 10.7. The van der Waals surface area contributed by atoms with Crippen molar-refractivity contribution in [2.75, 3.05) is 7.11 Å². The molecule has 0 aliphatic rings. The van der Waals surface area contributed by atoms with Crippen molar-refractivity contribution in [1.29, 1.82) is 0 Å². The minimum atomic E-state index is 0.417. The number of benzene rings is 1. The maximum absolute atomic E-state index is 5.64. The number of thioether (sulfide) groups is 1. The average Bonchev–Trinajstić information content (AvgIpc) is 2.87. The van der Waals surface area contributed by atoms with Crippen LogP contribution < -0.4 is 10.5 Å². The summed E-state index contributed by atoms with van der Waals surface area (Å²) in [5.41, 5.74) is 6.83. The van der Waals surface area contributed by atoms with Gasteiger partial charge in [-0.25, -0.2) is 0 Å². The molecule has 0 spiro atoms. The van der Waals surface area contributed by atoms with E-state index >= 15 is 0 Å². The van der Waals surface area contributed by atoms with Crippen molar-refractivity contribution in [3.8, 4) is 5.75 Å². The van der Waals surface area contributed by atoms with E-state index in [9.17, 15) is 0 Å². The van der Waals surface area contributed by atoms with Crippen LogP contribution in [0.1, 0.15) is 18.3 Å². The highest BCUT2D eigenvalue weighted by Gasteiger charge is 2.10. The van der Waals surface area contributed by atoms with Crippen molar-refractivity contribution in [2.24, 2.45) is 5.73 Å². The quantitative estimate of drug-likeness (QED) is 0.819. The van der Waals surface area contributed by atoms with E-state index in [-0.39, 0.29) is 0 Å². The van der Waals surface area contributed by atoms with E-state index in [4.69, 9.17) is 10.5 Å². The molecular formula is C13H18N4OS. The molecule has 1 aromatic carbocycles. The number of methoxy groups -OCH3 is 1. The molecule has 0 fully saturated rings. The Bertz CT molecular complexity index is 541. The zero-order chi connectivity index (χ0) is 13.7. The topological polar surface area (TPSA) is 66.0 Å². The number of ether oxygens (including phenoxy) is 1. The van der Waals surface area contributed by atoms with Gasteiger partial charge in [0, 0.05) is 12.3 Å². The Morgan fingerprint density at radius 1 is 1.37 bits per heavy atom. The van der Waals surface area contributed by atoms with Gasteiger partial charge in [-0.3, -0.25) is 0 Å². The summed E-state index contributed by atoms with van der Waals surface area (Å²) >= 11 is 1.66. The Morgan fingerprint density at radius 2 is 2.21 bits per heavy atom. The first-order chi connectivity index (χ1) is 9.28. The number of nitrogens with zero attached hydrogens (tertiary/aromatic N) is 3. The summed E-state index contributed by atoms with van der Waals surface area (Å²) in [6.45, 7) is 3.32. The molecule has 0 atom stereocenters. The second-order valence-electron chi connectivity index (χ2n) is 3.99. The first-order valence-corrected chi connectivity index (χ1v) is 7.15. The lowest BCUT2D eigenvalue weighted by Gasteiger charge is -2.06. The van der Waals surface area contributed by atoms with Gasteiger partial charge in [-0.2, -0.15) is 0 Å². The van der Waals surface area contributed by atoms with E-state index in [0.29, 0.717) is 6.54 Å². The highest BCUT2D eigenvalue weighted by atomic mass is 32.2. The Kier molecular flexibility index (Phi) is 4.81. The number of rotatable bonds is 6. The molecule has 2 rings (SSSR count). The van der Waals surface area contributed by atoms with Gasteiger partial charge in [0.1, 0.15) is 11.6 Å². The molecular weight excluding hydrogens is 260 g/mol. The minimum Gasteiger partial charge on any atom is -0.497 e. The lowest BCUT2D eigenvalue weighted by molar-refractivity contribution is 0.414. The molecule has 19 heavy (non-hydrogen) atoms. The van der Waals surface area contributed by atoms with E-state index in [1.165, 1.54) is 5.56 Å². The number of nitrogens with two attached hydrogens (primary N) is 1. The number of hydrogen-bond donors (Lipinski definition) is 1. The molecule has 0 unspecified atom stereocenters. The molecule has 0 aliphatic carbocycles. The molecule has 0 amide bonds. The molecule has 2 aromatic rings. The summed E-state index contributed by atoms with van der Waals surface area (Å²) in [4.78, 5) is 0. The van der Waals surface area contributed by atoms with Crippen LogP contribution in [-0.2, 0) is 18.8 Å². The second kappa shape index (κ2) is 6.58. The fourth-order valence-electron chi connectivity index (χ4n) is 1.80. The minimum absolute atomic E-state index is 0.417. The van der Waals surface area contributed by atoms with Gasteiger partial charge in [-0.1, -0.05) is 23.9 Å². The molecule has 6 heteroatoms. The van der Waals surface area contributed by atoms with Gasteiger partial charge in [0.05, 0.1) is 13.7 Å². The second-order valence-corrected chi connectivity index (χ2v) is 4.93. The SMILES string of the molecule is CCn1c(CN)nnc1SCc1cccc(OC)c1. The Hall–Kier alpha value is -1.53. The largest absolute Gasteiger partial charge is 0.497 e. The highest BCUT2D eigenvalue weighted by molar-refractivity contribution is 7.98. The van der Waals surface area contributed by atoms with Crippen molar-refractivity contribution < 1.29 is 4.74 Å². The van der Waals surface area contributed by atoms with Crippen LogP contribution in [0, 0.1) is 0 Å². The zero-order valence-corrected chi connectivity index (χ0v) is 12.0. The Morgan fingerprint density at radius 3 is 2.89 bits per heavy atom. The summed E-state index contributed by atoms with van der Waals surface area (Å²) in [6, 6.07) is 8.04. The van der Waals surface area contributed by atoms with Gasteiger partial charge in [0.25, 0.3) is 0 Å². The zero-order valence-electron chi connectivity index (χ0n) is 11.2. The smallest absolute Gasteiger partial charge is 0.191 e. The van der Waals surface area contributed by atoms with Crippen LogP contribution in [0.5, 0.6) is 5.75 Å². The van der Waals surface area contributed by atoms with E-state index in [0.717, 1.165) is 29.0 Å². The summed E-state index contributed by atoms with van der Waals surface area (Å²) in [7, 11) is 1.67. The van der Waals surface area contributed by atoms with Gasteiger partial charge >= 0.3 is 0 Å². The standard InChI is InChI=1S/C13H18N4OS/c1-3-17-12(8-14)15-16-13(17)19-9-10-5-4-6-11(7-10)18-2/h4-7H,3,8-9,14H2,1-2H3. The Labute approximate surface area is 117 Å². The van der Waals surface area contributed by atoms with Gasteiger partial charge in [0.15, 0.2) is 5.16 Å². The van der Waals surface area contributed by atoms with Crippen molar-refractivity contribution >= 4 is 11.8 Å². The molecule has 0 saturated carbocycles. The van der Waals surface area contributed by atoms with Crippen molar-refractivity contribution in [3.63, 3.8) is 0 Å². The van der Waals surface area contributed by atoms with E-state index < -0.39 is 0 Å². The maximum Gasteiger partial charge on any atom is 0.191 e. The summed E-state index contributed by atoms with van der Waals surface area (Å²) in [5, 5.41) is 9.18. The first-order valence-electron chi connectivity index (χ1n) is 6.16. The van der Waals surface area contributed by atoms with Crippen LogP contribution in [-0.4, -0.2) is 21.9 Å². The number of aromatic nitrogens is 3. The average molecular weight is 278 g/mol. The molecule has 0 bridgehead atoms. The van der Waals surface area contributed by atoms with E-state index in [1.807, 2.05) is 22.8 Å². The van der Waals surface area contributed by atoms with E-state index in [2.05, 4.69) is 23.2 Å². The predicted octanol–water partition coefficient (Wildman–Crippen LogP) is 2.06. The van der Waals surface area contributed by atoms with Crippen molar-refractivity contribution in [1.82, 2.24) is 14.8 Å². The summed E-state index contributed by atoms with van der Waals surface area (Å²) in [6.07, 6.45) is 0. The predicted molar refractivity (Wildman–Crippen MR) is 76.1 cm³/mol. The molecule has 0 radical (unpaired) electrons. The van der Waals surface area contributed by atoms with Crippen LogP contribution >= 0.6 is 11.8 Å². The van der Waals surface area contributed by atoms with Crippen molar-refractivity contribution in [2.45, 2.75) is 30.9 Å². The fourth-order valence-corrected chi connectivity index (χ4v) is 2.77. The third kappa shape index (κ3) is 3.27. The third-order valence-corrected chi connectivity index (χ3v) is 3.83. The molecule has 1 heterocycles. The van der Waals surface area contributed by atoms with Crippen LogP contribution in [0.2, 0.25) is 0 Å². The maximum atomic E-state index is 5.64. The lowest BCUT2D eigenvalue weighted by atomic mass is 10.2. The van der Waals surface area contributed by atoms with Gasteiger partial charge in [0.2, 0.25) is 0 Å². The first kappa shape index (κ1) is 13.9. The Balaban J connectivity index is 2.07. The van der Waals surface area contributed by atoms with Gasteiger partial charge in [-0.05, 0) is 24.6 Å². The lowest BCUT2D eigenvalue weighted by Crippen LogP contribution is -2.08. The molecule has 5 nitrogen and oxygen atoms in total. The van der Waals surface area contributed by atoms with Gasteiger partial charge in [-0.15, -0.1) is 10.2 Å². The van der Waals surface area contributed by atoms with Crippen LogP contribution in [0.25, 0.3) is 0 Å². The third-order valence-electron chi connectivity index (χ3n) is 2.79. The van der Waals surface area contributed by atoms with Crippen LogP contribution in [0.3, 0.4) is 0 Å². The molecule has 2 N–H and O–H groups in total. The fraction of sp³-hybridized carbons (Fsp3) is 0.385. The number of hydrogen-bond acceptors (Lipinski definition) is 5. The molecule has 0 saturated heterocycles. The molecule has 0 aliphatic heterocycles. The monoisotopic (exact) mass is 278 g/mol. The summed E-state index contributed by atoms with van der Waals surface area (Å²) < 4.78 is 7.26. The molecule has 1 aromatic heterocycles. The van der Waals surface area contributed by atoms with Gasteiger partial charge < -0.3 is 15.0 Å². The van der Waals surface area contributed by atoms with E-state index in [1.54, 1.807) is 18.9 Å². The highest BCUT2D eigenvalue weighted by Crippen LogP contribution is 2.23. The summed E-state index contributed by atoms with van der Waals surface area (Å²) in [5.74, 6) is 2.54. The van der Waals surface area contributed by atoms with Crippen molar-refractivity contribution in [3.05, 3.63) is 35.7 Å².